The summed E-state index contributed by atoms with van der Waals surface area (Å²) in [5.74, 6) is -0.945. The summed E-state index contributed by atoms with van der Waals surface area (Å²) in [7, 11) is 0. The van der Waals surface area contributed by atoms with Gasteiger partial charge < -0.3 is 14.2 Å². The molecule has 0 aliphatic rings. The number of allylic oxidation sites excluding steroid dienone is 12. The zero-order valence-electron chi connectivity index (χ0n) is 39.9. The highest BCUT2D eigenvalue weighted by Crippen LogP contribution is 2.13. The molecule has 0 saturated heterocycles. The zero-order chi connectivity index (χ0) is 44.4. The molecule has 0 fully saturated rings. The van der Waals surface area contributed by atoms with Gasteiger partial charge in [0.05, 0.1) is 0 Å². The number of hydrogen-bond acceptors (Lipinski definition) is 6. The van der Waals surface area contributed by atoms with Crippen molar-refractivity contribution in [3.8, 4) is 0 Å². The molecular weight excluding hydrogens is 757 g/mol. The lowest BCUT2D eigenvalue weighted by molar-refractivity contribution is -0.167. The maximum Gasteiger partial charge on any atom is 0.306 e. The molecule has 1 unspecified atom stereocenters. The van der Waals surface area contributed by atoms with Crippen molar-refractivity contribution in [1.29, 1.82) is 0 Å². The standard InChI is InChI=1S/C55H94O6/c1-4-7-10-13-16-19-22-25-28-31-33-36-39-42-45-48-54(57)60-51-52(61-55(58)49-46-43-40-37-34-30-27-24-21-18-15-12-9-6-3)50-59-53(56)47-44-41-38-35-32-29-26-23-20-17-14-11-8-5-2/h9,12,16,18-19,21-22,25,27,29-30,32,52H,4-8,10-11,13-15,17,20,23-24,26,28,31,33-51H2,1-3H3/b12-9-,19-16-,21-18-,25-22-,30-27-,32-29-. The van der Waals surface area contributed by atoms with Gasteiger partial charge in [0.15, 0.2) is 6.10 Å². The summed E-state index contributed by atoms with van der Waals surface area (Å²) in [5.41, 5.74) is 0. The number of ether oxygens (including phenoxy) is 3. The number of carbonyl (C=O) groups excluding carboxylic acids is 3. The van der Waals surface area contributed by atoms with Gasteiger partial charge in [-0.15, -0.1) is 0 Å². The van der Waals surface area contributed by atoms with Gasteiger partial charge in [-0.25, -0.2) is 0 Å². The Kier molecular flexibility index (Phi) is 46.9. The Morgan fingerprint density at radius 2 is 0.689 bits per heavy atom. The van der Waals surface area contributed by atoms with Gasteiger partial charge in [0.1, 0.15) is 13.2 Å². The van der Waals surface area contributed by atoms with Crippen LogP contribution >= 0.6 is 0 Å². The molecule has 0 aromatic carbocycles. The van der Waals surface area contributed by atoms with E-state index in [2.05, 4.69) is 93.7 Å². The van der Waals surface area contributed by atoms with Gasteiger partial charge in [0.25, 0.3) is 0 Å². The van der Waals surface area contributed by atoms with Gasteiger partial charge in [0.2, 0.25) is 0 Å². The molecule has 0 aromatic rings. The lowest BCUT2D eigenvalue weighted by atomic mass is 10.1. The van der Waals surface area contributed by atoms with Crippen LogP contribution < -0.4 is 0 Å². The average Bonchev–Trinajstić information content (AvgIpc) is 3.26. The molecular formula is C55H94O6. The molecule has 0 radical (unpaired) electrons. The fourth-order valence-electron chi connectivity index (χ4n) is 6.85. The van der Waals surface area contributed by atoms with Crippen molar-refractivity contribution in [1.82, 2.24) is 0 Å². The molecule has 1 atom stereocenters. The minimum Gasteiger partial charge on any atom is -0.462 e. The third kappa shape index (κ3) is 47.7. The van der Waals surface area contributed by atoms with Crippen LogP contribution in [0.15, 0.2) is 72.9 Å². The summed E-state index contributed by atoms with van der Waals surface area (Å²) in [6, 6.07) is 0. The van der Waals surface area contributed by atoms with Crippen LogP contribution in [0.1, 0.15) is 239 Å². The van der Waals surface area contributed by atoms with E-state index >= 15 is 0 Å². The quantitative estimate of drug-likeness (QED) is 0.0200. The third-order valence-electron chi connectivity index (χ3n) is 10.7. The van der Waals surface area contributed by atoms with Crippen LogP contribution in [-0.2, 0) is 28.6 Å². The largest absolute Gasteiger partial charge is 0.462 e. The summed E-state index contributed by atoms with van der Waals surface area (Å²) >= 11 is 0. The van der Waals surface area contributed by atoms with E-state index in [9.17, 15) is 14.4 Å². The second-order valence-corrected chi connectivity index (χ2v) is 16.7. The predicted octanol–water partition coefficient (Wildman–Crippen LogP) is 16.6. The highest BCUT2D eigenvalue weighted by molar-refractivity contribution is 5.71. The third-order valence-corrected chi connectivity index (χ3v) is 10.7. The van der Waals surface area contributed by atoms with E-state index in [0.29, 0.717) is 19.3 Å². The van der Waals surface area contributed by atoms with Gasteiger partial charge >= 0.3 is 17.9 Å². The van der Waals surface area contributed by atoms with E-state index < -0.39 is 6.10 Å². The second kappa shape index (κ2) is 49.5. The van der Waals surface area contributed by atoms with Crippen LogP contribution in [0.4, 0.5) is 0 Å². The molecule has 61 heavy (non-hydrogen) atoms. The smallest absolute Gasteiger partial charge is 0.306 e. The minimum atomic E-state index is -0.797. The first-order valence-electron chi connectivity index (χ1n) is 25.5. The number of unbranched alkanes of at least 4 members (excludes halogenated alkanes) is 23. The van der Waals surface area contributed by atoms with Crippen molar-refractivity contribution < 1.29 is 28.6 Å². The molecule has 6 nitrogen and oxygen atoms in total. The fourth-order valence-corrected chi connectivity index (χ4v) is 6.85. The number of esters is 3. The zero-order valence-corrected chi connectivity index (χ0v) is 39.9. The van der Waals surface area contributed by atoms with Gasteiger partial charge in [-0.2, -0.15) is 0 Å². The Bertz CT molecular complexity index is 1160. The summed E-state index contributed by atoms with van der Waals surface area (Å²) in [6.07, 6.45) is 61.7. The molecule has 6 heteroatoms. The normalized spacial score (nSPS) is 12.6. The summed E-state index contributed by atoms with van der Waals surface area (Å²) in [4.78, 5) is 37.9. The first kappa shape index (κ1) is 57.9. The van der Waals surface area contributed by atoms with Crippen LogP contribution in [0.5, 0.6) is 0 Å². The molecule has 0 saturated carbocycles. The molecule has 0 heterocycles. The number of rotatable bonds is 45. The second-order valence-electron chi connectivity index (χ2n) is 16.7. The van der Waals surface area contributed by atoms with E-state index in [-0.39, 0.29) is 31.1 Å². The number of hydrogen-bond donors (Lipinski definition) is 0. The van der Waals surface area contributed by atoms with E-state index in [0.717, 1.165) is 109 Å². The molecule has 0 aliphatic heterocycles. The van der Waals surface area contributed by atoms with E-state index in [4.69, 9.17) is 14.2 Å². The Morgan fingerprint density at radius 1 is 0.361 bits per heavy atom. The topological polar surface area (TPSA) is 78.9 Å². The van der Waals surface area contributed by atoms with Crippen molar-refractivity contribution in [3.63, 3.8) is 0 Å². The molecule has 0 spiro atoms. The molecule has 0 aromatic heterocycles. The minimum absolute atomic E-state index is 0.0958. The number of carbonyl (C=O) groups is 3. The van der Waals surface area contributed by atoms with Gasteiger partial charge in [-0.3, -0.25) is 14.4 Å². The van der Waals surface area contributed by atoms with Crippen molar-refractivity contribution in [3.05, 3.63) is 72.9 Å². The first-order valence-corrected chi connectivity index (χ1v) is 25.5. The Labute approximate surface area is 376 Å². The van der Waals surface area contributed by atoms with Crippen LogP contribution in [0, 0.1) is 0 Å². The molecule has 0 rings (SSSR count). The van der Waals surface area contributed by atoms with Crippen LogP contribution in [-0.4, -0.2) is 37.2 Å². The molecule has 0 bridgehead atoms. The van der Waals surface area contributed by atoms with Crippen LogP contribution in [0.3, 0.4) is 0 Å². The highest BCUT2D eigenvalue weighted by Gasteiger charge is 2.19. The van der Waals surface area contributed by atoms with Crippen LogP contribution in [0.2, 0.25) is 0 Å². The van der Waals surface area contributed by atoms with Crippen LogP contribution in [0.25, 0.3) is 0 Å². The van der Waals surface area contributed by atoms with E-state index in [1.165, 1.54) is 89.9 Å². The summed E-state index contributed by atoms with van der Waals surface area (Å²) < 4.78 is 16.7. The average molecular weight is 851 g/mol. The Morgan fingerprint density at radius 3 is 1.16 bits per heavy atom. The summed E-state index contributed by atoms with van der Waals surface area (Å²) in [6.45, 7) is 6.45. The van der Waals surface area contributed by atoms with Crippen molar-refractivity contribution in [2.45, 2.75) is 245 Å². The molecule has 0 N–H and O–H groups in total. The van der Waals surface area contributed by atoms with Gasteiger partial charge in [0, 0.05) is 19.3 Å². The molecule has 350 valence electrons. The van der Waals surface area contributed by atoms with Crippen molar-refractivity contribution in [2.75, 3.05) is 13.2 Å². The maximum absolute atomic E-state index is 12.8. The first-order chi connectivity index (χ1) is 30.0. The Balaban J connectivity index is 4.46. The van der Waals surface area contributed by atoms with E-state index in [1.807, 2.05) is 0 Å². The van der Waals surface area contributed by atoms with E-state index in [1.54, 1.807) is 0 Å². The SMILES string of the molecule is CC/C=C\C/C=C\C/C=C\CCCCCCC(=O)OC(COC(=O)CCCCC/C=C\CCCCCCCCC)COC(=O)CCCCCCCC/C=C\C=C/CCCCC. The summed E-state index contributed by atoms with van der Waals surface area (Å²) in [5, 5.41) is 0. The van der Waals surface area contributed by atoms with Gasteiger partial charge in [-0.05, 0) is 103 Å². The molecule has 0 amide bonds. The maximum atomic E-state index is 12.8. The fraction of sp³-hybridized carbons (Fsp3) is 0.727. The monoisotopic (exact) mass is 851 g/mol. The van der Waals surface area contributed by atoms with Crippen molar-refractivity contribution in [2.24, 2.45) is 0 Å². The molecule has 0 aliphatic carbocycles. The van der Waals surface area contributed by atoms with Gasteiger partial charge in [-0.1, -0.05) is 190 Å². The predicted molar refractivity (Wildman–Crippen MR) is 261 cm³/mol. The van der Waals surface area contributed by atoms with Crippen molar-refractivity contribution >= 4 is 17.9 Å². The highest BCUT2D eigenvalue weighted by atomic mass is 16.6. The lowest BCUT2D eigenvalue weighted by Crippen LogP contribution is -2.30. The Hall–Kier alpha value is -3.15. The lowest BCUT2D eigenvalue weighted by Gasteiger charge is -2.18.